The first-order chi connectivity index (χ1) is 12.8. The van der Waals surface area contributed by atoms with Gasteiger partial charge in [0.2, 0.25) is 15.9 Å². The second-order valence-electron chi connectivity index (χ2n) is 7.10. The Kier molecular flexibility index (Phi) is 5.81. The third kappa shape index (κ3) is 4.30. The van der Waals surface area contributed by atoms with Gasteiger partial charge >= 0.3 is 5.97 Å². The Balaban J connectivity index is 1.62. The van der Waals surface area contributed by atoms with E-state index >= 15 is 0 Å². The van der Waals surface area contributed by atoms with Crippen LogP contribution in [0.15, 0.2) is 29.2 Å². The summed E-state index contributed by atoms with van der Waals surface area (Å²) in [6.07, 6.45) is 4.08. The van der Waals surface area contributed by atoms with Crippen LogP contribution in [-0.4, -0.2) is 48.9 Å². The fourth-order valence-corrected chi connectivity index (χ4v) is 5.19. The Morgan fingerprint density at radius 2 is 1.85 bits per heavy atom. The van der Waals surface area contributed by atoms with Gasteiger partial charge in [-0.2, -0.15) is 0 Å². The standard InChI is InChI=1S/C18H23FN2O5S/c19-13-5-7-14(8-6-13)27(25,26)20-10-9-17(22)21-15-4-2-1-3-12(15)11-16(21)18(23)24/h5-8,12,15-16,20H,1-4,9-11H2,(H,23,24). The van der Waals surface area contributed by atoms with E-state index in [1.807, 2.05) is 0 Å². The molecule has 1 amide bonds. The highest BCUT2D eigenvalue weighted by molar-refractivity contribution is 7.89. The number of carboxylic acids is 1. The van der Waals surface area contributed by atoms with E-state index in [0.717, 1.165) is 49.9 Å². The number of sulfonamides is 1. The van der Waals surface area contributed by atoms with E-state index < -0.39 is 27.9 Å². The summed E-state index contributed by atoms with van der Waals surface area (Å²) in [6, 6.07) is 3.48. The van der Waals surface area contributed by atoms with E-state index in [4.69, 9.17) is 0 Å². The molecule has 1 heterocycles. The maximum absolute atomic E-state index is 12.9. The maximum Gasteiger partial charge on any atom is 0.326 e. The first kappa shape index (κ1) is 19.8. The number of nitrogens with zero attached hydrogens (tertiary/aromatic N) is 1. The maximum atomic E-state index is 12.9. The summed E-state index contributed by atoms with van der Waals surface area (Å²) in [5.74, 6) is -1.69. The third-order valence-corrected chi connectivity index (χ3v) is 6.89. The molecule has 148 valence electrons. The van der Waals surface area contributed by atoms with Gasteiger partial charge < -0.3 is 10.0 Å². The average molecular weight is 398 g/mol. The molecule has 2 fully saturated rings. The number of carboxylic acid groups (broad SMARTS) is 1. The molecule has 3 unspecified atom stereocenters. The molecule has 2 N–H and O–H groups in total. The Labute approximate surface area is 157 Å². The number of carbonyl (C=O) groups is 2. The summed E-state index contributed by atoms with van der Waals surface area (Å²) in [6.45, 7) is -0.140. The van der Waals surface area contributed by atoms with Crippen LogP contribution in [0.5, 0.6) is 0 Å². The molecule has 1 aromatic rings. The Morgan fingerprint density at radius 1 is 1.19 bits per heavy atom. The number of benzene rings is 1. The van der Waals surface area contributed by atoms with Crippen molar-refractivity contribution in [1.29, 1.82) is 0 Å². The Morgan fingerprint density at radius 3 is 2.52 bits per heavy atom. The van der Waals surface area contributed by atoms with E-state index in [0.29, 0.717) is 6.42 Å². The SMILES string of the molecule is O=C(O)C1CC2CCCCC2N1C(=O)CCNS(=O)(=O)c1ccc(F)cc1. The van der Waals surface area contributed by atoms with Gasteiger partial charge in [0.1, 0.15) is 11.9 Å². The van der Waals surface area contributed by atoms with Crippen LogP contribution in [0.2, 0.25) is 0 Å². The number of hydrogen-bond acceptors (Lipinski definition) is 4. The van der Waals surface area contributed by atoms with E-state index in [1.54, 1.807) is 0 Å². The van der Waals surface area contributed by atoms with Crippen molar-refractivity contribution in [3.8, 4) is 0 Å². The van der Waals surface area contributed by atoms with Gasteiger partial charge in [0, 0.05) is 19.0 Å². The molecule has 1 aliphatic heterocycles. The van der Waals surface area contributed by atoms with Gasteiger partial charge in [-0.05, 0) is 49.4 Å². The van der Waals surface area contributed by atoms with Crippen molar-refractivity contribution in [2.45, 2.75) is 55.5 Å². The second-order valence-corrected chi connectivity index (χ2v) is 8.87. The lowest BCUT2D eigenvalue weighted by Crippen LogP contribution is -2.47. The highest BCUT2D eigenvalue weighted by Gasteiger charge is 2.47. The van der Waals surface area contributed by atoms with Gasteiger partial charge in [0.15, 0.2) is 0 Å². The first-order valence-electron chi connectivity index (χ1n) is 9.09. The minimum absolute atomic E-state index is 0.0685. The number of nitrogens with one attached hydrogen (secondary N) is 1. The van der Waals surface area contributed by atoms with E-state index in [9.17, 15) is 27.5 Å². The Bertz CT molecular complexity index is 812. The zero-order chi connectivity index (χ0) is 19.6. The molecule has 0 spiro atoms. The lowest BCUT2D eigenvalue weighted by atomic mass is 9.84. The van der Waals surface area contributed by atoms with Crippen LogP contribution < -0.4 is 4.72 Å². The topological polar surface area (TPSA) is 104 Å². The molecule has 1 saturated carbocycles. The second kappa shape index (κ2) is 7.93. The summed E-state index contributed by atoms with van der Waals surface area (Å²) in [5.41, 5.74) is 0. The minimum atomic E-state index is -3.85. The molecule has 3 atom stereocenters. The van der Waals surface area contributed by atoms with Gasteiger partial charge in [-0.25, -0.2) is 22.3 Å². The summed E-state index contributed by atoms with van der Waals surface area (Å²) in [7, 11) is -3.85. The monoisotopic (exact) mass is 398 g/mol. The summed E-state index contributed by atoms with van der Waals surface area (Å²) in [4.78, 5) is 25.6. The molecule has 3 rings (SSSR count). The molecular formula is C18H23FN2O5S. The lowest BCUT2D eigenvalue weighted by molar-refractivity contribution is -0.149. The first-order valence-corrected chi connectivity index (χ1v) is 10.6. The zero-order valence-corrected chi connectivity index (χ0v) is 15.6. The average Bonchev–Trinajstić information content (AvgIpc) is 3.02. The number of fused-ring (bicyclic) bond motifs is 1. The van der Waals surface area contributed by atoms with Gasteiger partial charge in [-0.15, -0.1) is 0 Å². The van der Waals surface area contributed by atoms with Crippen molar-refractivity contribution >= 4 is 21.9 Å². The third-order valence-electron chi connectivity index (χ3n) is 5.42. The van der Waals surface area contributed by atoms with E-state index in [1.165, 1.54) is 4.90 Å². The highest BCUT2D eigenvalue weighted by atomic mass is 32.2. The van der Waals surface area contributed by atoms with Crippen LogP contribution >= 0.6 is 0 Å². The molecule has 0 radical (unpaired) electrons. The number of likely N-dealkylation sites (tertiary alicyclic amines) is 1. The molecule has 2 aliphatic rings. The van der Waals surface area contributed by atoms with Crippen molar-refractivity contribution in [2.75, 3.05) is 6.54 Å². The fourth-order valence-electron chi connectivity index (χ4n) is 4.16. The molecule has 0 bridgehead atoms. The fraction of sp³-hybridized carbons (Fsp3) is 0.556. The quantitative estimate of drug-likeness (QED) is 0.760. The van der Waals surface area contributed by atoms with Gasteiger partial charge in [-0.3, -0.25) is 4.79 Å². The number of carbonyl (C=O) groups excluding carboxylic acids is 1. The van der Waals surface area contributed by atoms with Crippen LogP contribution in [0.1, 0.15) is 38.5 Å². The van der Waals surface area contributed by atoms with Gasteiger partial charge in [-0.1, -0.05) is 12.8 Å². The molecule has 9 heteroatoms. The molecule has 1 aliphatic carbocycles. The molecular weight excluding hydrogens is 375 g/mol. The molecule has 1 aromatic carbocycles. The van der Waals surface area contributed by atoms with Gasteiger partial charge in [0.25, 0.3) is 0 Å². The number of rotatable bonds is 6. The summed E-state index contributed by atoms with van der Waals surface area (Å²) >= 11 is 0. The number of aliphatic carboxylic acids is 1. The van der Waals surface area contributed by atoms with Crippen LogP contribution in [0.3, 0.4) is 0 Å². The van der Waals surface area contributed by atoms with Crippen molar-refractivity contribution in [2.24, 2.45) is 5.92 Å². The number of amides is 1. The predicted molar refractivity (Wildman–Crippen MR) is 94.8 cm³/mol. The normalized spacial score (nSPS) is 25.2. The van der Waals surface area contributed by atoms with E-state index in [-0.39, 0.29) is 35.7 Å². The summed E-state index contributed by atoms with van der Waals surface area (Å²) < 4.78 is 39.6. The van der Waals surface area contributed by atoms with Crippen molar-refractivity contribution in [1.82, 2.24) is 9.62 Å². The molecule has 1 saturated heterocycles. The number of halogens is 1. The van der Waals surface area contributed by atoms with Crippen molar-refractivity contribution < 1.29 is 27.5 Å². The number of hydrogen-bond donors (Lipinski definition) is 2. The molecule has 7 nitrogen and oxygen atoms in total. The lowest BCUT2D eigenvalue weighted by Gasteiger charge is -2.33. The van der Waals surface area contributed by atoms with Crippen LogP contribution in [-0.2, 0) is 19.6 Å². The van der Waals surface area contributed by atoms with Crippen LogP contribution in [0.25, 0.3) is 0 Å². The van der Waals surface area contributed by atoms with Gasteiger partial charge in [0.05, 0.1) is 4.90 Å². The smallest absolute Gasteiger partial charge is 0.326 e. The minimum Gasteiger partial charge on any atom is -0.480 e. The van der Waals surface area contributed by atoms with Crippen molar-refractivity contribution in [3.63, 3.8) is 0 Å². The Hall–Kier alpha value is -2.00. The highest BCUT2D eigenvalue weighted by Crippen LogP contribution is 2.40. The summed E-state index contributed by atoms with van der Waals surface area (Å²) in [5, 5.41) is 9.47. The molecule has 0 aromatic heterocycles. The van der Waals surface area contributed by atoms with Crippen LogP contribution in [0, 0.1) is 11.7 Å². The van der Waals surface area contributed by atoms with Crippen molar-refractivity contribution in [3.05, 3.63) is 30.1 Å². The predicted octanol–water partition coefficient (Wildman–Crippen LogP) is 1.74. The van der Waals surface area contributed by atoms with E-state index in [2.05, 4.69) is 4.72 Å². The largest absolute Gasteiger partial charge is 0.480 e. The molecule has 27 heavy (non-hydrogen) atoms. The van der Waals surface area contributed by atoms with Crippen LogP contribution in [0.4, 0.5) is 4.39 Å². The zero-order valence-electron chi connectivity index (χ0n) is 14.8.